The quantitative estimate of drug-likeness (QED) is 0.484. The van der Waals surface area contributed by atoms with E-state index in [0.29, 0.717) is 18.1 Å². The van der Waals surface area contributed by atoms with Gasteiger partial charge >= 0.3 is 6.03 Å². The summed E-state index contributed by atoms with van der Waals surface area (Å²) in [6.07, 6.45) is 0. The van der Waals surface area contributed by atoms with Crippen LogP contribution in [0.25, 0.3) is 5.69 Å². The number of carbonyl (C=O) groups excluding carboxylic acids is 2. The second-order valence-corrected chi connectivity index (χ2v) is 9.66. The molecule has 0 unspecified atom stereocenters. The highest BCUT2D eigenvalue weighted by atomic mass is 16.5. The summed E-state index contributed by atoms with van der Waals surface area (Å²) in [5.41, 5.74) is 4.37. The Balaban J connectivity index is 1.72. The van der Waals surface area contributed by atoms with Gasteiger partial charge in [-0.25, -0.2) is 9.48 Å². The Morgan fingerprint density at radius 1 is 1.03 bits per heavy atom. The molecule has 0 atom stereocenters. The molecule has 2 aromatic carbocycles. The van der Waals surface area contributed by atoms with Crippen molar-refractivity contribution in [2.45, 2.75) is 47.0 Å². The van der Waals surface area contributed by atoms with Gasteiger partial charge in [0.2, 0.25) is 5.91 Å². The van der Waals surface area contributed by atoms with Gasteiger partial charge in [-0.3, -0.25) is 4.79 Å². The highest BCUT2D eigenvalue weighted by Gasteiger charge is 2.23. The number of benzene rings is 2. The first-order valence-electron chi connectivity index (χ1n) is 11.7. The maximum Gasteiger partial charge on any atom is 0.322 e. The number of carbonyl (C=O) groups is 2. The summed E-state index contributed by atoms with van der Waals surface area (Å²) in [6, 6.07) is 14.7. The van der Waals surface area contributed by atoms with E-state index in [2.05, 4.69) is 37.5 Å². The Morgan fingerprint density at radius 3 is 2.31 bits per heavy atom. The van der Waals surface area contributed by atoms with E-state index < -0.39 is 0 Å². The third-order valence-electron chi connectivity index (χ3n) is 5.47. The van der Waals surface area contributed by atoms with E-state index in [1.165, 1.54) is 4.90 Å². The molecule has 0 saturated carbocycles. The number of ether oxygens (including phenoxy) is 1. The summed E-state index contributed by atoms with van der Waals surface area (Å²) >= 11 is 0. The average molecular weight is 478 g/mol. The maximum atomic E-state index is 12.9. The summed E-state index contributed by atoms with van der Waals surface area (Å²) in [4.78, 5) is 26.8. The number of nitrogens with zero attached hydrogens (tertiary/aromatic N) is 3. The van der Waals surface area contributed by atoms with E-state index in [0.717, 1.165) is 28.3 Å². The molecule has 0 fully saturated rings. The monoisotopic (exact) mass is 477 g/mol. The van der Waals surface area contributed by atoms with Crippen molar-refractivity contribution in [3.05, 3.63) is 65.4 Å². The lowest BCUT2D eigenvalue weighted by atomic mass is 9.92. The predicted molar refractivity (Wildman–Crippen MR) is 140 cm³/mol. The summed E-state index contributed by atoms with van der Waals surface area (Å²) < 4.78 is 7.17. The molecule has 0 aliphatic carbocycles. The number of anilines is 2. The van der Waals surface area contributed by atoms with Crippen LogP contribution in [0.3, 0.4) is 0 Å². The molecule has 0 aliphatic rings. The maximum absolute atomic E-state index is 12.9. The van der Waals surface area contributed by atoms with Crippen LogP contribution >= 0.6 is 0 Å². The van der Waals surface area contributed by atoms with Gasteiger partial charge in [-0.2, -0.15) is 5.10 Å². The highest BCUT2D eigenvalue weighted by molar-refractivity contribution is 5.96. The lowest BCUT2D eigenvalue weighted by molar-refractivity contribution is -0.116. The molecule has 2 N–H and O–H groups in total. The predicted octanol–water partition coefficient (Wildman–Crippen LogP) is 5.29. The lowest BCUT2D eigenvalue weighted by Crippen LogP contribution is -2.37. The molecular weight excluding hydrogens is 442 g/mol. The lowest BCUT2D eigenvalue weighted by Gasteiger charge is -2.18. The molecular formula is C27H35N5O3. The number of amides is 3. The topological polar surface area (TPSA) is 88.5 Å². The third-order valence-corrected chi connectivity index (χ3v) is 5.47. The minimum absolute atomic E-state index is 0.119. The standard InChI is InChI=1S/C27H35N5O3/c1-8-35-21-12-10-20(11-13-21)28-26(34)31(7)17-25(33)29-24-16-23(27(4,5)6)30-32(24)22-14-9-18(2)15-19(22)3/h9-16H,8,17H2,1-7H3,(H,28,34)(H,29,33). The molecule has 1 heterocycles. The minimum atomic E-state index is -0.387. The normalized spacial score (nSPS) is 11.2. The van der Waals surface area contributed by atoms with Crippen LogP contribution in [-0.4, -0.2) is 46.8 Å². The van der Waals surface area contributed by atoms with Crippen molar-refractivity contribution in [3.8, 4) is 11.4 Å². The fourth-order valence-corrected chi connectivity index (χ4v) is 3.55. The van der Waals surface area contributed by atoms with Crippen molar-refractivity contribution >= 4 is 23.4 Å². The smallest absolute Gasteiger partial charge is 0.322 e. The van der Waals surface area contributed by atoms with Gasteiger partial charge in [-0.1, -0.05) is 38.5 Å². The van der Waals surface area contributed by atoms with Crippen LogP contribution in [0, 0.1) is 13.8 Å². The second kappa shape index (κ2) is 10.6. The summed E-state index contributed by atoms with van der Waals surface area (Å²) in [5.74, 6) is 0.973. The fraction of sp³-hybridized carbons (Fsp3) is 0.370. The molecule has 0 radical (unpaired) electrons. The van der Waals surface area contributed by atoms with Crippen molar-refractivity contribution in [1.82, 2.24) is 14.7 Å². The van der Waals surface area contributed by atoms with E-state index in [1.807, 2.05) is 39.0 Å². The molecule has 1 aromatic heterocycles. The highest BCUT2D eigenvalue weighted by Crippen LogP contribution is 2.27. The molecule has 186 valence electrons. The van der Waals surface area contributed by atoms with Crippen molar-refractivity contribution in [2.24, 2.45) is 0 Å². The van der Waals surface area contributed by atoms with Crippen molar-refractivity contribution in [2.75, 3.05) is 30.8 Å². The summed E-state index contributed by atoms with van der Waals surface area (Å²) in [7, 11) is 1.57. The van der Waals surface area contributed by atoms with Gasteiger partial charge in [0.25, 0.3) is 0 Å². The molecule has 0 bridgehead atoms. The van der Waals surface area contributed by atoms with Crippen molar-refractivity contribution in [3.63, 3.8) is 0 Å². The number of aryl methyl sites for hydroxylation is 2. The third kappa shape index (κ3) is 6.62. The van der Waals surface area contributed by atoms with E-state index in [1.54, 1.807) is 36.0 Å². The first kappa shape index (κ1) is 25.8. The van der Waals surface area contributed by atoms with Gasteiger partial charge < -0.3 is 20.3 Å². The van der Waals surface area contributed by atoms with Crippen LogP contribution in [-0.2, 0) is 10.2 Å². The molecule has 8 heteroatoms. The van der Waals surface area contributed by atoms with Gasteiger partial charge in [0.05, 0.1) is 18.0 Å². The molecule has 0 saturated heterocycles. The van der Waals surface area contributed by atoms with E-state index in [9.17, 15) is 9.59 Å². The van der Waals surface area contributed by atoms with Crippen LogP contribution < -0.4 is 15.4 Å². The Morgan fingerprint density at radius 2 is 1.71 bits per heavy atom. The Bertz CT molecular complexity index is 1190. The Hall–Kier alpha value is -3.81. The number of hydrogen-bond donors (Lipinski definition) is 2. The van der Waals surface area contributed by atoms with Crippen molar-refractivity contribution in [1.29, 1.82) is 0 Å². The minimum Gasteiger partial charge on any atom is -0.494 e. The number of rotatable bonds is 7. The van der Waals surface area contributed by atoms with E-state index in [4.69, 9.17) is 9.84 Å². The zero-order valence-corrected chi connectivity index (χ0v) is 21.6. The Labute approximate surface area is 207 Å². The second-order valence-electron chi connectivity index (χ2n) is 9.66. The first-order chi connectivity index (χ1) is 16.5. The molecule has 8 nitrogen and oxygen atoms in total. The SMILES string of the molecule is CCOc1ccc(NC(=O)N(C)CC(=O)Nc2cc(C(C)(C)C)nn2-c2ccc(C)cc2C)cc1. The molecule has 35 heavy (non-hydrogen) atoms. The van der Waals surface area contributed by atoms with Gasteiger partial charge in [0.1, 0.15) is 18.1 Å². The number of urea groups is 1. The number of nitrogens with one attached hydrogen (secondary N) is 2. The van der Waals surface area contributed by atoms with Gasteiger partial charge in [-0.15, -0.1) is 0 Å². The largest absolute Gasteiger partial charge is 0.494 e. The van der Waals surface area contributed by atoms with Crippen molar-refractivity contribution < 1.29 is 14.3 Å². The van der Waals surface area contributed by atoms with Crippen LogP contribution in [0.2, 0.25) is 0 Å². The first-order valence-corrected chi connectivity index (χ1v) is 11.7. The molecule has 3 rings (SSSR count). The molecule has 0 aliphatic heterocycles. The van der Waals surface area contributed by atoms with Gasteiger partial charge in [0, 0.05) is 24.2 Å². The van der Waals surface area contributed by atoms with E-state index in [-0.39, 0.29) is 23.9 Å². The fourth-order valence-electron chi connectivity index (χ4n) is 3.55. The zero-order chi connectivity index (χ0) is 25.8. The van der Waals surface area contributed by atoms with Gasteiger partial charge in [-0.05, 0) is 56.7 Å². The van der Waals surface area contributed by atoms with E-state index >= 15 is 0 Å². The number of hydrogen-bond acceptors (Lipinski definition) is 4. The van der Waals surface area contributed by atoms with Crippen LogP contribution in [0.15, 0.2) is 48.5 Å². The Kier molecular flexibility index (Phi) is 7.84. The zero-order valence-electron chi connectivity index (χ0n) is 21.6. The number of likely N-dealkylation sites (N-methyl/N-ethyl adjacent to an activating group) is 1. The van der Waals surface area contributed by atoms with Gasteiger partial charge in [0.15, 0.2) is 0 Å². The average Bonchev–Trinajstić information content (AvgIpc) is 3.19. The number of aromatic nitrogens is 2. The summed E-state index contributed by atoms with van der Waals surface area (Å²) in [6.45, 7) is 12.6. The van der Waals surface area contributed by atoms with Crippen LogP contribution in [0.1, 0.15) is 44.5 Å². The van der Waals surface area contributed by atoms with Crippen LogP contribution in [0.4, 0.5) is 16.3 Å². The summed E-state index contributed by atoms with van der Waals surface area (Å²) in [5, 5.41) is 10.5. The molecule has 3 aromatic rings. The molecule has 0 spiro atoms. The van der Waals surface area contributed by atoms with Crippen LogP contribution in [0.5, 0.6) is 5.75 Å². The molecule has 3 amide bonds.